The highest BCUT2D eigenvalue weighted by Gasteiger charge is 2.31. The normalized spacial score (nSPS) is 24.7. The summed E-state index contributed by atoms with van der Waals surface area (Å²) in [4.78, 5) is 4.48. The van der Waals surface area contributed by atoms with E-state index in [0.717, 1.165) is 17.4 Å². The molecule has 1 fully saturated rings. The van der Waals surface area contributed by atoms with Gasteiger partial charge in [0.1, 0.15) is 0 Å². The van der Waals surface area contributed by atoms with Crippen molar-refractivity contribution in [2.75, 3.05) is 5.32 Å². The van der Waals surface area contributed by atoms with Crippen LogP contribution in [0.25, 0.3) is 5.82 Å². The highest BCUT2D eigenvalue weighted by atomic mass is 15.3. The smallest absolute Gasteiger partial charge is 0.153 e. The van der Waals surface area contributed by atoms with Crippen molar-refractivity contribution >= 4 is 5.69 Å². The summed E-state index contributed by atoms with van der Waals surface area (Å²) in [6, 6.07) is 6.55. The van der Waals surface area contributed by atoms with Crippen LogP contribution in [0.1, 0.15) is 40.0 Å². The number of hydrogen-bond acceptors (Lipinski definition) is 3. The Morgan fingerprint density at radius 2 is 2.14 bits per heavy atom. The van der Waals surface area contributed by atoms with Crippen molar-refractivity contribution in [3.8, 4) is 5.82 Å². The molecule has 2 atom stereocenters. The van der Waals surface area contributed by atoms with Gasteiger partial charge in [0.15, 0.2) is 5.82 Å². The maximum absolute atomic E-state index is 4.48. The summed E-state index contributed by atoms with van der Waals surface area (Å²) in [5.74, 6) is 1.63. The maximum Gasteiger partial charge on any atom is 0.153 e. The van der Waals surface area contributed by atoms with Gasteiger partial charge in [0.25, 0.3) is 0 Å². The predicted molar refractivity (Wildman–Crippen MR) is 85.6 cm³/mol. The second-order valence-electron chi connectivity index (χ2n) is 7.11. The van der Waals surface area contributed by atoms with Crippen molar-refractivity contribution < 1.29 is 0 Å². The topological polar surface area (TPSA) is 42.7 Å². The minimum atomic E-state index is 0.428. The van der Waals surface area contributed by atoms with Crippen molar-refractivity contribution in [3.63, 3.8) is 0 Å². The van der Waals surface area contributed by atoms with Crippen molar-refractivity contribution in [1.29, 1.82) is 0 Å². The Bertz CT molecular complexity index is 571. The van der Waals surface area contributed by atoms with Gasteiger partial charge >= 0.3 is 0 Å². The molecule has 0 bridgehead atoms. The molecule has 4 heteroatoms. The lowest BCUT2D eigenvalue weighted by Crippen LogP contribution is -2.35. The first kappa shape index (κ1) is 14.1. The molecule has 0 radical (unpaired) electrons. The van der Waals surface area contributed by atoms with Crippen LogP contribution in [-0.4, -0.2) is 20.8 Å². The molecule has 0 aromatic carbocycles. The van der Waals surface area contributed by atoms with Crippen molar-refractivity contribution in [2.24, 2.45) is 11.3 Å². The van der Waals surface area contributed by atoms with Crippen LogP contribution in [0.3, 0.4) is 0 Å². The SMILES string of the molecule is CC1CC(Nc2ccc(-n3cccn3)nc2)CC(C)(C)C1. The Labute approximate surface area is 126 Å². The first-order chi connectivity index (χ1) is 10.0. The summed E-state index contributed by atoms with van der Waals surface area (Å²) in [6.45, 7) is 7.10. The predicted octanol–water partition coefficient (Wildman–Crippen LogP) is 3.89. The molecule has 2 heterocycles. The quantitative estimate of drug-likeness (QED) is 0.929. The Balaban J connectivity index is 1.68. The molecule has 1 aliphatic rings. The van der Waals surface area contributed by atoms with Gasteiger partial charge in [-0.2, -0.15) is 5.10 Å². The zero-order valence-electron chi connectivity index (χ0n) is 13.1. The summed E-state index contributed by atoms with van der Waals surface area (Å²) in [7, 11) is 0. The van der Waals surface area contributed by atoms with E-state index in [4.69, 9.17) is 0 Å². The number of hydrogen-bond donors (Lipinski definition) is 1. The van der Waals surface area contributed by atoms with Crippen LogP contribution in [-0.2, 0) is 0 Å². The van der Waals surface area contributed by atoms with Crippen LogP contribution in [0.15, 0.2) is 36.8 Å². The van der Waals surface area contributed by atoms with Crippen LogP contribution in [0, 0.1) is 11.3 Å². The number of nitrogens with zero attached hydrogens (tertiary/aromatic N) is 3. The minimum Gasteiger partial charge on any atom is -0.381 e. The monoisotopic (exact) mass is 284 g/mol. The second kappa shape index (κ2) is 5.51. The molecule has 0 amide bonds. The first-order valence-electron chi connectivity index (χ1n) is 7.74. The standard InChI is InChI=1S/C17H24N4/c1-13-9-15(11-17(2,3)10-13)20-14-5-6-16(18-12-14)21-8-4-7-19-21/h4-8,12-13,15,20H,9-11H2,1-3H3. The van der Waals surface area contributed by atoms with Gasteiger partial charge in [-0.3, -0.25) is 0 Å². The van der Waals surface area contributed by atoms with E-state index in [1.807, 2.05) is 24.5 Å². The van der Waals surface area contributed by atoms with Gasteiger partial charge in [-0.15, -0.1) is 0 Å². The van der Waals surface area contributed by atoms with Crippen molar-refractivity contribution in [2.45, 2.75) is 46.1 Å². The van der Waals surface area contributed by atoms with E-state index < -0.39 is 0 Å². The second-order valence-corrected chi connectivity index (χ2v) is 7.11. The fourth-order valence-electron chi connectivity index (χ4n) is 3.70. The van der Waals surface area contributed by atoms with Crippen LogP contribution < -0.4 is 5.32 Å². The molecule has 0 aliphatic heterocycles. The highest BCUT2D eigenvalue weighted by Crippen LogP contribution is 2.39. The minimum absolute atomic E-state index is 0.428. The lowest BCUT2D eigenvalue weighted by Gasteiger charge is -2.39. The van der Waals surface area contributed by atoms with Gasteiger partial charge in [-0.25, -0.2) is 9.67 Å². The van der Waals surface area contributed by atoms with Crippen LogP contribution >= 0.6 is 0 Å². The summed E-state index contributed by atoms with van der Waals surface area (Å²) in [5, 5.41) is 7.84. The van der Waals surface area contributed by atoms with E-state index in [2.05, 4.69) is 42.2 Å². The molecule has 112 valence electrons. The summed E-state index contributed by atoms with van der Waals surface area (Å²) < 4.78 is 1.77. The average molecular weight is 284 g/mol. The van der Waals surface area contributed by atoms with E-state index >= 15 is 0 Å². The zero-order chi connectivity index (χ0) is 14.9. The van der Waals surface area contributed by atoms with Gasteiger partial charge in [-0.05, 0) is 48.8 Å². The van der Waals surface area contributed by atoms with E-state index in [0.29, 0.717) is 11.5 Å². The van der Waals surface area contributed by atoms with E-state index in [-0.39, 0.29) is 0 Å². The van der Waals surface area contributed by atoms with Crippen LogP contribution in [0.2, 0.25) is 0 Å². The molecular weight excluding hydrogens is 260 g/mol. The number of pyridine rings is 1. The van der Waals surface area contributed by atoms with Gasteiger partial charge in [0, 0.05) is 18.4 Å². The molecule has 0 spiro atoms. The lowest BCUT2D eigenvalue weighted by molar-refractivity contribution is 0.178. The van der Waals surface area contributed by atoms with Crippen LogP contribution in [0.4, 0.5) is 5.69 Å². The lowest BCUT2D eigenvalue weighted by atomic mass is 9.70. The largest absolute Gasteiger partial charge is 0.381 e. The van der Waals surface area contributed by atoms with Gasteiger partial charge in [0.05, 0.1) is 11.9 Å². The molecule has 2 aromatic heterocycles. The average Bonchev–Trinajstić information content (AvgIpc) is 2.91. The van der Waals surface area contributed by atoms with E-state index in [1.165, 1.54) is 19.3 Å². The number of nitrogens with one attached hydrogen (secondary N) is 1. The van der Waals surface area contributed by atoms with E-state index in [1.54, 1.807) is 10.9 Å². The Morgan fingerprint density at radius 1 is 1.29 bits per heavy atom. The van der Waals surface area contributed by atoms with E-state index in [9.17, 15) is 0 Å². The Kier molecular flexibility index (Phi) is 3.70. The third-order valence-electron chi connectivity index (χ3n) is 4.24. The highest BCUT2D eigenvalue weighted by molar-refractivity contribution is 5.44. The summed E-state index contributed by atoms with van der Waals surface area (Å²) >= 11 is 0. The summed E-state index contributed by atoms with van der Waals surface area (Å²) in [5.41, 5.74) is 1.53. The molecule has 1 saturated carbocycles. The summed E-state index contributed by atoms with van der Waals surface area (Å²) in [6.07, 6.45) is 9.35. The third-order valence-corrected chi connectivity index (χ3v) is 4.24. The molecule has 1 N–H and O–H groups in total. The third kappa shape index (κ3) is 3.43. The molecule has 0 saturated heterocycles. The molecule has 4 nitrogen and oxygen atoms in total. The van der Waals surface area contributed by atoms with Gasteiger partial charge in [-0.1, -0.05) is 20.8 Å². The fraction of sp³-hybridized carbons (Fsp3) is 0.529. The number of aromatic nitrogens is 3. The fourth-order valence-corrected chi connectivity index (χ4v) is 3.70. The molecule has 21 heavy (non-hydrogen) atoms. The zero-order valence-corrected chi connectivity index (χ0v) is 13.1. The molecule has 2 unspecified atom stereocenters. The number of anilines is 1. The van der Waals surface area contributed by atoms with Gasteiger partial charge in [0.2, 0.25) is 0 Å². The van der Waals surface area contributed by atoms with Crippen molar-refractivity contribution in [1.82, 2.24) is 14.8 Å². The van der Waals surface area contributed by atoms with Gasteiger partial charge < -0.3 is 5.32 Å². The number of rotatable bonds is 3. The van der Waals surface area contributed by atoms with Crippen molar-refractivity contribution in [3.05, 3.63) is 36.8 Å². The maximum atomic E-state index is 4.48. The molecule has 2 aromatic rings. The Hall–Kier alpha value is -1.84. The molecule has 1 aliphatic carbocycles. The van der Waals surface area contributed by atoms with Crippen LogP contribution in [0.5, 0.6) is 0 Å². The molecule has 3 rings (SSSR count). The Morgan fingerprint density at radius 3 is 2.76 bits per heavy atom. The first-order valence-corrected chi connectivity index (χ1v) is 7.74. The molecular formula is C17H24N4.